The van der Waals surface area contributed by atoms with Crippen LogP contribution in [0.1, 0.15) is 35.9 Å². The molecule has 1 fully saturated rings. The van der Waals surface area contributed by atoms with Gasteiger partial charge in [-0.1, -0.05) is 6.92 Å². The fourth-order valence-electron chi connectivity index (χ4n) is 3.81. The van der Waals surface area contributed by atoms with Crippen molar-refractivity contribution in [1.82, 2.24) is 14.5 Å². The Morgan fingerprint density at radius 2 is 1.97 bits per heavy atom. The average Bonchev–Trinajstić information content (AvgIpc) is 3.31. The molecule has 0 bridgehead atoms. The molecule has 2 aromatic rings. The monoisotopic (exact) mass is 422 g/mol. The molecule has 2 aliphatic heterocycles. The largest absolute Gasteiger partial charge is 0.381 e. The summed E-state index contributed by atoms with van der Waals surface area (Å²) in [5.41, 5.74) is 0.511. The normalized spacial score (nSPS) is 20.9. The minimum atomic E-state index is -1.60. The number of rotatable bonds is 4. The molecule has 2 amide bonds. The van der Waals surface area contributed by atoms with Gasteiger partial charge in [0.1, 0.15) is 5.69 Å². The van der Waals surface area contributed by atoms with Gasteiger partial charge in [0, 0.05) is 49.4 Å². The van der Waals surface area contributed by atoms with E-state index in [1.165, 1.54) is 4.90 Å². The van der Waals surface area contributed by atoms with Crippen LogP contribution in [0.2, 0.25) is 0 Å². The fourth-order valence-corrected chi connectivity index (χ4v) is 3.81. The molecule has 7 nitrogen and oxygen atoms in total. The van der Waals surface area contributed by atoms with Gasteiger partial charge < -0.3 is 19.5 Å². The van der Waals surface area contributed by atoms with Crippen LogP contribution in [0.15, 0.2) is 18.5 Å². The second-order valence-corrected chi connectivity index (χ2v) is 8.05. The number of urea groups is 1. The molecule has 1 aromatic heterocycles. The quantitative estimate of drug-likeness (QED) is 0.606. The Bertz CT molecular complexity index is 978. The molecule has 160 valence electrons. The van der Waals surface area contributed by atoms with Crippen LogP contribution in [0.4, 0.5) is 23.7 Å². The van der Waals surface area contributed by atoms with E-state index in [1.54, 1.807) is 6.33 Å². The molecule has 10 heteroatoms. The van der Waals surface area contributed by atoms with E-state index in [1.807, 2.05) is 11.5 Å². The number of hydrogen-bond acceptors (Lipinski definition) is 4. The van der Waals surface area contributed by atoms with Crippen molar-refractivity contribution in [1.29, 1.82) is 0 Å². The first kappa shape index (κ1) is 20.4. The van der Waals surface area contributed by atoms with E-state index in [9.17, 15) is 22.8 Å². The Kier molecular flexibility index (Phi) is 5.27. The summed E-state index contributed by atoms with van der Waals surface area (Å²) >= 11 is 0. The molecular weight excluding hydrogens is 401 g/mol. The number of hydrogen-bond donors (Lipinski definition) is 1. The SMILES string of the molecule is CC1(CC(=O)c2ncn3c2CN(C(=O)Nc2cc(F)c(F)c(F)c2)CC3)CCOC1. The minimum Gasteiger partial charge on any atom is -0.381 e. The van der Waals surface area contributed by atoms with Gasteiger partial charge >= 0.3 is 6.03 Å². The van der Waals surface area contributed by atoms with Crippen molar-refractivity contribution in [2.75, 3.05) is 25.1 Å². The molecule has 1 unspecified atom stereocenters. The molecule has 3 heterocycles. The molecule has 0 aliphatic carbocycles. The summed E-state index contributed by atoms with van der Waals surface area (Å²) in [5, 5.41) is 2.37. The lowest BCUT2D eigenvalue weighted by atomic mass is 9.83. The summed E-state index contributed by atoms with van der Waals surface area (Å²) < 4.78 is 47.1. The highest BCUT2D eigenvalue weighted by Gasteiger charge is 2.35. The Hall–Kier alpha value is -2.88. The van der Waals surface area contributed by atoms with Gasteiger partial charge in [-0.15, -0.1) is 0 Å². The zero-order chi connectivity index (χ0) is 21.5. The highest BCUT2D eigenvalue weighted by atomic mass is 19.2. The van der Waals surface area contributed by atoms with E-state index >= 15 is 0 Å². The van der Waals surface area contributed by atoms with Crippen molar-refractivity contribution in [3.05, 3.63) is 47.3 Å². The molecule has 0 saturated carbocycles. The van der Waals surface area contributed by atoms with E-state index in [0.29, 0.717) is 56.2 Å². The number of nitrogens with zero attached hydrogens (tertiary/aromatic N) is 3. The van der Waals surface area contributed by atoms with Crippen LogP contribution in [-0.4, -0.2) is 46.0 Å². The summed E-state index contributed by atoms with van der Waals surface area (Å²) in [7, 11) is 0. The second-order valence-electron chi connectivity index (χ2n) is 8.05. The van der Waals surface area contributed by atoms with Gasteiger partial charge in [-0.25, -0.2) is 22.9 Å². The number of ether oxygens (including phenoxy) is 1. The van der Waals surface area contributed by atoms with Gasteiger partial charge in [0.25, 0.3) is 0 Å². The van der Waals surface area contributed by atoms with E-state index in [4.69, 9.17) is 4.74 Å². The number of carbonyl (C=O) groups is 2. The standard InChI is InChI=1S/C20H21F3N4O3/c1-20(2-5-30-10-20)8-16(28)18-15-9-26(3-4-27(15)11-24-18)19(29)25-12-6-13(21)17(23)14(22)7-12/h6-7,11H,2-5,8-10H2,1H3,(H,25,29). The van der Waals surface area contributed by atoms with Gasteiger partial charge in [-0.05, 0) is 6.42 Å². The molecule has 30 heavy (non-hydrogen) atoms. The first-order chi connectivity index (χ1) is 14.3. The summed E-state index contributed by atoms with van der Waals surface area (Å²) in [6.45, 7) is 4.02. The number of carbonyl (C=O) groups excluding carboxylic acids is 2. The van der Waals surface area contributed by atoms with Crippen molar-refractivity contribution in [2.24, 2.45) is 5.41 Å². The number of Topliss-reactive ketones (excluding diaryl/α,β-unsaturated/α-hetero) is 1. The first-order valence-electron chi connectivity index (χ1n) is 9.61. The highest BCUT2D eigenvalue weighted by molar-refractivity contribution is 5.96. The van der Waals surface area contributed by atoms with Crippen LogP contribution in [0.3, 0.4) is 0 Å². The lowest BCUT2D eigenvalue weighted by Gasteiger charge is -2.29. The Morgan fingerprint density at radius 3 is 2.63 bits per heavy atom. The minimum absolute atomic E-state index is 0.110. The number of imidazole rings is 1. The predicted octanol–water partition coefficient (Wildman–Crippen LogP) is 3.35. The van der Waals surface area contributed by atoms with Crippen molar-refractivity contribution in [3.8, 4) is 0 Å². The van der Waals surface area contributed by atoms with Crippen molar-refractivity contribution in [3.63, 3.8) is 0 Å². The van der Waals surface area contributed by atoms with Crippen LogP contribution in [-0.2, 0) is 17.8 Å². The van der Waals surface area contributed by atoms with Crippen LogP contribution >= 0.6 is 0 Å². The van der Waals surface area contributed by atoms with Gasteiger partial charge in [-0.3, -0.25) is 4.79 Å². The van der Waals surface area contributed by atoms with Crippen LogP contribution in [0, 0.1) is 22.9 Å². The molecule has 2 aliphatic rings. The number of halogens is 3. The summed E-state index contributed by atoms with van der Waals surface area (Å²) in [4.78, 5) is 31.1. The second kappa shape index (κ2) is 7.75. The molecule has 4 rings (SSSR count). The maximum absolute atomic E-state index is 13.4. The predicted molar refractivity (Wildman–Crippen MR) is 100 cm³/mol. The molecule has 0 spiro atoms. The molecule has 1 atom stereocenters. The zero-order valence-corrected chi connectivity index (χ0v) is 16.4. The molecule has 1 saturated heterocycles. The maximum atomic E-state index is 13.4. The Balaban J connectivity index is 1.47. The van der Waals surface area contributed by atoms with Crippen molar-refractivity contribution >= 4 is 17.5 Å². The number of fused-ring (bicyclic) bond motifs is 1. The molecule has 1 aromatic carbocycles. The maximum Gasteiger partial charge on any atom is 0.322 e. The Morgan fingerprint density at radius 1 is 1.23 bits per heavy atom. The lowest BCUT2D eigenvalue weighted by molar-refractivity contribution is 0.0888. The van der Waals surface area contributed by atoms with E-state index in [2.05, 4.69) is 10.3 Å². The zero-order valence-electron chi connectivity index (χ0n) is 16.4. The number of anilines is 1. The van der Waals surface area contributed by atoms with Crippen molar-refractivity contribution in [2.45, 2.75) is 32.9 Å². The highest BCUT2D eigenvalue weighted by Crippen LogP contribution is 2.33. The number of benzene rings is 1. The summed E-state index contributed by atoms with van der Waals surface area (Å²) in [5.74, 6) is -4.49. The molecule has 1 N–H and O–H groups in total. The topological polar surface area (TPSA) is 76.5 Å². The third-order valence-corrected chi connectivity index (χ3v) is 5.57. The summed E-state index contributed by atoms with van der Waals surface area (Å²) in [6.07, 6.45) is 2.68. The van der Waals surface area contributed by atoms with E-state index in [-0.39, 0.29) is 23.4 Å². The summed E-state index contributed by atoms with van der Waals surface area (Å²) in [6, 6.07) is 0.815. The number of aromatic nitrogens is 2. The Labute approximate surface area is 170 Å². The smallest absolute Gasteiger partial charge is 0.322 e. The third kappa shape index (κ3) is 3.91. The molecule has 0 radical (unpaired) electrons. The third-order valence-electron chi connectivity index (χ3n) is 5.57. The van der Waals surface area contributed by atoms with Crippen molar-refractivity contribution < 1.29 is 27.5 Å². The van der Waals surface area contributed by atoms with E-state index < -0.39 is 23.5 Å². The van der Waals surface area contributed by atoms with Gasteiger partial charge in [0.2, 0.25) is 0 Å². The van der Waals surface area contributed by atoms with Gasteiger partial charge in [0.15, 0.2) is 23.2 Å². The van der Waals surface area contributed by atoms with Gasteiger partial charge in [-0.2, -0.15) is 0 Å². The van der Waals surface area contributed by atoms with Crippen LogP contribution in [0.5, 0.6) is 0 Å². The lowest BCUT2D eigenvalue weighted by Crippen LogP contribution is -2.41. The number of nitrogens with one attached hydrogen (secondary N) is 1. The molecular formula is C20H21F3N4O3. The average molecular weight is 422 g/mol. The fraction of sp³-hybridized carbons (Fsp3) is 0.450. The van der Waals surface area contributed by atoms with Crippen LogP contribution < -0.4 is 5.32 Å². The van der Waals surface area contributed by atoms with Crippen LogP contribution in [0.25, 0.3) is 0 Å². The van der Waals surface area contributed by atoms with Gasteiger partial charge in [0.05, 0.1) is 25.2 Å². The number of ketones is 1. The first-order valence-corrected chi connectivity index (χ1v) is 9.61. The van der Waals surface area contributed by atoms with E-state index in [0.717, 1.165) is 6.42 Å². The number of amides is 2.